The summed E-state index contributed by atoms with van der Waals surface area (Å²) in [5, 5.41) is 12.3. The molecule has 0 bridgehead atoms. The Hall–Kier alpha value is -2.75. The Labute approximate surface area is 263 Å². The molecule has 2 N–H and O–H groups in total. The zero-order chi connectivity index (χ0) is 31.2. The van der Waals surface area contributed by atoms with Crippen LogP contribution in [0, 0.1) is 17.0 Å². The average molecular weight is 701 g/mol. The lowest BCUT2D eigenvalue weighted by atomic mass is 10.2. The number of alkyl halides is 3. The largest absolute Gasteiger partial charge is 0.433 e. The molecule has 0 saturated heterocycles. The number of aromatic nitrogens is 4. The highest BCUT2D eigenvalue weighted by molar-refractivity contribution is 7.98. The zero-order valence-corrected chi connectivity index (χ0v) is 25.5. The molecule has 0 spiro atoms. The molecule has 2 aromatic carbocycles. The molecular formula is C24H16Cl4F3N5O4S2. The predicted octanol–water partition coefficient (Wildman–Crippen LogP) is 7.97. The normalized spacial score (nSPS) is 11.1. The molecule has 2 aromatic heterocycles. The summed E-state index contributed by atoms with van der Waals surface area (Å²) >= 11 is 25.9. The minimum Gasteiger partial charge on any atom is -0.301 e. The lowest BCUT2D eigenvalue weighted by molar-refractivity contribution is -0.385. The summed E-state index contributed by atoms with van der Waals surface area (Å²) < 4.78 is 37.8. The molecule has 0 atom stereocenters. The minimum absolute atomic E-state index is 0.0417. The Morgan fingerprint density at radius 1 is 0.857 bits per heavy atom. The molecule has 4 rings (SSSR count). The molecule has 9 nitrogen and oxygen atoms in total. The molecule has 2 heterocycles. The number of aryl methyl sites for hydroxylation is 1. The van der Waals surface area contributed by atoms with Crippen molar-refractivity contribution in [2.75, 3.05) is 0 Å². The summed E-state index contributed by atoms with van der Waals surface area (Å²) in [6.07, 6.45) is -4.70. The quantitative estimate of drug-likeness (QED) is 0.0652. The van der Waals surface area contributed by atoms with Gasteiger partial charge in [0.2, 0.25) is 0 Å². The third kappa shape index (κ3) is 9.38. The molecule has 222 valence electrons. The van der Waals surface area contributed by atoms with Gasteiger partial charge in [-0.15, -0.1) is 0 Å². The summed E-state index contributed by atoms with van der Waals surface area (Å²) in [6.45, 7) is 1.71. The van der Waals surface area contributed by atoms with Crippen LogP contribution in [0.3, 0.4) is 0 Å². The first kappa shape index (κ1) is 33.7. The second kappa shape index (κ2) is 14.6. The molecule has 0 fully saturated rings. The van der Waals surface area contributed by atoms with E-state index >= 15 is 0 Å². The Balaban J connectivity index is 0.000000231. The minimum atomic E-state index is -4.70. The van der Waals surface area contributed by atoms with Gasteiger partial charge in [0.05, 0.1) is 25.6 Å². The maximum Gasteiger partial charge on any atom is 0.433 e. The predicted molar refractivity (Wildman–Crippen MR) is 158 cm³/mol. The number of rotatable bonds is 7. The third-order valence-electron chi connectivity index (χ3n) is 4.99. The number of hydrogen-bond acceptors (Lipinski definition) is 8. The van der Waals surface area contributed by atoms with Gasteiger partial charge in [-0.05, 0) is 25.1 Å². The Morgan fingerprint density at radius 3 is 2.00 bits per heavy atom. The number of halogens is 7. The lowest BCUT2D eigenvalue weighted by Crippen LogP contribution is -2.16. The molecule has 0 aliphatic carbocycles. The van der Waals surface area contributed by atoms with Gasteiger partial charge in [-0.25, -0.2) is 9.97 Å². The summed E-state index contributed by atoms with van der Waals surface area (Å²) in [7, 11) is 0. The lowest BCUT2D eigenvalue weighted by Gasteiger charge is -2.09. The number of thioether (sulfide) groups is 2. The van der Waals surface area contributed by atoms with Crippen LogP contribution < -0.4 is 11.1 Å². The van der Waals surface area contributed by atoms with E-state index < -0.39 is 22.4 Å². The van der Waals surface area contributed by atoms with E-state index in [1.54, 1.807) is 13.0 Å². The summed E-state index contributed by atoms with van der Waals surface area (Å²) in [6, 6.07) is 9.32. The number of nitrogens with zero attached hydrogens (tertiary/aromatic N) is 3. The van der Waals surface area contributed by atoms with Crippen LogP contribution in [0.25, 0.3) is 0 Å². The fourth-order valence-corrected chi connectivity index (χ4v) is 6.15. The summed E-state index contributed by atoms with van der Waals surface area (Å²) in [4.78, 5) is 45.4. The van der Waals surface area contributed by atoms with Gasteiger partial charge in [0, 0.05) is 46.0 Å². The maximum atomic E-state index is 12.6. The van der Waals surface area contributed by atoms with Crippen LogP contribution in [-0.2, 0) is 17.7 Å². The van der Waals surface area contributed by atoms with Crippen molar-refractivity contribution in [2.24, 2.45) is 0 Å². The van der Waals surface area contributed by atoms with E-state index in [9.17, 15) is 32.9 Å². The Bertz CT molecular complexity index is 1740. The highest BCUT2D eigenvalue weighted by Crippen LogP contribution is 2.36. The topological polar surface area (TPSA) is 135 Å². The Kier molecular flexibility index (Phi) is 11.7. The fourth-order valence-electron chi connectivity index (χ4n) is 3.11. The van der Waals surface area contributed by atoms with Crippen molar-refractivity contribution in [3.05, 3.63) is 116 Å². The van der Waals surface area contributed by atoms with Gasteiger partial charge in [0.15, 0.2) is 16.0 Å². The molecule has 18 heteroatoms. The molecule has 0 aliphatic heterocycles. The standard InChI is InChI=1S/C12H6Cl3F3N2OS.C12H10ClN3O3S/c13-6-1-2-7(14)10(15)5(6)4-22-11-19-8(12(16,17)18)3-9(21)20-11;1-7-5-11(17)15-12(14-7)20-6-8-9(13)3-2-4-10(8)16(18)19/h1-3H,4H2,(H,19,20,21);2-5H,6H2,1H3,(H,14,15,17). The first-order valence-electron chi connectivity index (χ1n) is 11.2. The van der Waals surface area contributed by atoms with Crippen LogP contribution in [0.1, 0.15) is 22.5 Å². The van der Waals surface area contributed by atoms with Crippen LogP contribution in [0.5, 0.6) is 0 Å². The molecule has 0 aliphatic rings. The van der Waals surface area contributed by atoms with Gasteiger partial charge in [0.1, 0.15) is 0 Å². The summed E-state index contributed by atoms with van der Waals surface area (Å²) in [5.74, 6) is 0.352. The molecular weight excluding hydrogens is 685 g/mol. The van der Waals surface area contributed by atoms with Gasteiger partial charge < -0.3 is 9.97 Å². The van der Waals surface area contributed by atoms with Crippen LogP contribution in [0.15, 0.2) is 62.4 Å². The van der Waals surface area contributed by atoms with Crippen molar-refractivity contribution < 1.29 is 18.1 Å². The zero-order valence-electron chi connectivity index (χ0n) is 20.9. The number of benzene rings is 2. The van der Waals surface area contributed by atoms with E-state index in [4.69, 9.17) is 46.4 Å². The highest BCUT2D eigenvalue weighted by Gasteiger charge is 2.33. The van der Waals surface area contributed by atoms with Gasteiger partial charge >= 0.3 is 6.18 Å². The number of hydrogen-bond donors (Lipinski definition) is 2. The molecule has 0 radical (unpaired) electrons. The number of nitrogens with one attached hydrogen (secondary N) is 2. The van der Waals surface area contributed by atoms with Crippen LogP contribution in [-0.4, -0.2) is 24.9 Å². The molecule has 0 unspecified atom stereocenters. The first-order valence-corrected chi connectivity index (χ1v) is 14.7. The molecule has 42 heavy (non-hydrogen) atoms. The Morgan fingerprint density at radius 2 is 1.40 bits per heavy atom. The van der Waals surface area contributed by atoms with Gasteiger partial charge in [0.25, 0.3) is 16.8 Å². The van der Waals surface area contributed by atoms with Crippen LogP contribution >= 0.6 is 69.9 Å². The van der Waals surface area contributed by atoms with E-state index in [1.807, 2.05) is 0 Å². The second-order valence-corrected chi connectivity index (χ2v) is 11.5. The van der Waals surface area contributed by atoms with E-state index in [2.05, 4.69) is 19.9 Å². The number of nitro benzene ring substituents is 1. The van der Waals surface area contributed by atoms with Gasteiger partial charge in [-0.2, -0.15) is 13.2 Å². The van der Waals surface area contributed by atoms with Gasteiger partial charge in [-0.3, -0.25) is 19.7 Å². The molecule has 0 amide bonds. The van der Waals surface area contributed by atoms with E-state index in [0.717, 1.165) is 11.8 Å². The van der Waals surface area contributed by atoms with Crippen molar-refractivity contribution in [3.63, 3.8) is 0 Å². The molecule has 0 saturated carbocycles. The SMILES string of the molecule is Cc1cc(=O)[nH]c(SCc2c(Cl)cccc2[N+](=O)[O-])n1.O=c1cc(C(F)(F)F)nc(SCc2c(Cl)ccc(Cl)c2Cl)[nH]1. The van der Waals surface area contributed by atoms with E-state index in [-0.39, 0.29) is 38.0 Å². The van der Waals surface area contributed by atoms with Crippen molar-refractivity contribution in [2.45, 2.75) is 34.9 Å². The first-order chi connectivity index (χ1) is 19.6. The fraction of sp³-hybridized carbons (Fsp3) is 0.167. The monoisotopic (exact) mass is 699 g/mol. The van der Waals surface area contributed by atoms with E-state index in [0.29, 0.717) is 38.1 Å². The number of aromatic amines is 2. The molecule has 4 aromatic rings. The van der Waals surface area contributed by atoms with Crippen molar-refractivity contribution in [1.29, 1.82) is 0 Å². The van der Waals surface area contributed by atoms with E-state index in [1.165, 1.54) is 42.1 Å². The van der Waals surface area contributed by atoms with Gasteiger partial charge in [-0.1, -0.05) is 76.0 Å². The second-order valence-electron chi connectivity index (χ2n) is 8.02. The van der Waals surface area contributed by atoms with Crippen molar-refractivity contribution >= 4 is 75.6 Å². The smallest absolute Gasteiger partial charge is 0.301 e. The average Bonchev–Trinajstić information content (AvgIpc) is 2.89. The number of nitro groups is 1. The highest BCUT2D eigenvalue weighted by atomic mass is 35.5. The maximum absolute atomic E-state index is 12.6. The van der Waals surface area contributed by atoms with Crippen LogP contribution in [0.4, 0.5) is 18.9 Å². The van der Waals surface area contributed by atoms with Crippen LogP contribution in [0.2, 0.25) is 20.1 Å². The van der Waals surface area contributed by atoms with Crippen molar-refractivity contribution in [3.8, 4) is 0 Å². The third-order valence-corrected chi connectivity index (χ3v) is 8.35. The van der Waals surface area contributed by atoms with Crippen molar-refractivity contribution in [1.82, 2.24) is 19.9 Å². The number of H-pyrrole nitrogens is 2. The summed E-state index contributed by atoms with van der Waals surface area (Å²) in [5.41, 5.74) is -1.01.